The van der Waals surface area contributed by atoms with Crippen LogP contribution in [0.1, 0.15) is 33.2 Å². The summed E-state index contributed by atoms with van der Waals surface area (Å²) in [6, 6.07) is 20.9. The quantitative estimate of drug-likeness (QED) is 0.315. The van der Waals surface area contributed by atoms with E-state index in [1.54, 1.807) is 18.5 Å². The van der Waals surface area contributed by atoms with Gasteiger partial charge in [0.1, 0.15) is 5.69 Å². The first-order valence-corrected chi connectivity index (χ1v) is 10.9. The molecule has 4 rings (SSSR count). The van der Waals surface area contributed by atoms with Crippen LogP contribution in [-0.2, 0) is 6.42 Å². The van der Waals surface area contributed by atoms with Gasteiger partial charge in [0.25, 0.3) is 5.91 Å². The van der Waals surface area contributed by atoms with Crippen LogP contribution in [0.3, 0.4) is 0 Å². The van der Waals surface area contributed by atoms with Crippen molar-refractivity contribution in [2.45, 2.75) is 19.4 Å². The second-order valence-electron chi connectivity index (χ2n) is 7.81. The van der Waals surface area contributed by atoms with Gasteiger partial charge >= 0.3 is 0 Å². The normalized spacial score (nSPS) is 11.7. The van der Waals surface area contributed by atoms with Crippen molar-refractivity contribution in [2.75, 3.05) is 18.5 Å². The van der Waals surface area contributed by atoms with Crippen molar-refractivity contribution < 1.29 is 9.90 Å². The number of aliphatic hydroxyl groups excluding tert-OH is 1. The molecule has 4 N–H and O–H groups in total. The van der Waals surface area contributed by atoms with Gasteiger partial charge in [0.15, 0.2) is 0 Å². The number of aromatic amines is 1. The lowest BCUT2D eigenvalue weighted by Crippen LogP contribution is -2.30. The average Bonchev–Trinajstić information content (AvgIpc) is 3.35. The number of carbonyl (C=O) groups is 1. The SMILES string of the molecule is Cc1cnc(NCCc2ccccc2)nc1-c1c[nH]c(C(=O)N[C@H](CO)c2ccccc2)c1. The van der Waals surface area contributed by atoms with E-state index in [2.05, 4.69) is 37.7 Å². The fraction of sp³-hybridized carbons (Fsp3) is 0.192. The minimum Gasteiger partial charge on any atom is -0.394 e. The molecule has 2 aromatic carbocycles. The maximum Gasteiger partial charge on any atom is 0.268 e. The second kappa shape index (κ2) is 10.6. The summed E-state index contributed by atoms with van der Waals surface area (Å²) in [5, 5.41) is 15.9. The van der Waals surface area contributed by atoms with Crippen LogP contribution in [0.15, 0.2) is 79.1 Å². The lowest BCUT2D eigenvalue weighted by Gasteiger charge is -2.16. The molecule has 7 heteroatoms. The fourth-order valence-corrected chi connectivity index (χ4v) is 3.60. The molecule has 0 bridgehead atoms. The van der Waals surface area contributed by atoms with Gasteiger partial charge in [-0.1, -0.05) is 60.7 Å². The van der Waals surface area contributed by atoms with Gasteiger partial charge in [-0.25, -0.2) is 9.97 Å². The number of H-pyrrole nitrogens is 1. The highest BCUT2D eigenvalue weighted by Crippen LogP contribution is 2.23. The Hall–Kier alpha value is -3.97. The Labute approximate surface area is 192 Å². The summed E-state index contributed by atoms with van der Waals surface area (Å²) in [6.45, 7) is 2.47. The Bertz CT molecular complexity index is 1190. The van der Waals surface area contributed by atoms with Crippen LogP contribution >= 0.6 is 0 Å². The van der Waals surface area contributed by atoms with Crippen LogP contribution in [0.5, 0.6) is 0 Å². The van der Waals surface area contributed by atoms with Crippen molar-refractivity contribution in [3.05, 3.63) is 102 Å². The van der Waals surface area contributed by atoms with Crippen molar-refractivity contribution in [1.82, 2.24) is 20.3 Å². The smallest absolute Gasteiger partial charge is 0.268 e. The first kappa shape index (κ1) is 22.2. The summed E-state index contributed by atoms with van der Waals surface area (Å²) in [6.07, 6.45) is 4.40. The van der Waals surface area contributed by atoms with Gasteiger partial charge in [0, 0.05) is 24.5 Å². The van der Waals surface area contributed by atoms with Crippen LogP contribution in [0.2, 0.25) is 0 Å². The van der Waals surface area contributed by atoms with Gasteiger partial charge < -0.3 is 20.7 Å². The molecule has 1 atom stereocenters. The third-order valence-electron chi connectivity index (χ3n) is 5.40. The number of amides is 1. The van der Waals surface area contributed by atoms with Gasteiger partial charge in [0.2, 0.25) is 5.95 Å². The van der Waals surface area contributed by atoms with Gasteiger partial charge in [-0.15, -0.1) is 0 Å². The van der Waals surface area contributed by atoms with Crippen LogP contribution in [0.4, 0.5) is 5.95 Å². The van der Waals surface area contributed by atoms with E-state index in [9.17, 15) is 9.90 Å². The van der Waals surface area contributed by atoms with Gasteiger partial charge in [-0.05, 0) is 36.1 Å². The summed E-state index contributed by atoms with van der Waals surface area (Å²) in [5.74, 6) is 0.250. The van der Waals surface area contributed by atoms with Crippen molar-refractivity contribution in [1.29, 1.82) is 0 Å². The molecule has 0 saturated heterocycles. The molecular formula is C26H27N5O2. The molecule has 7 nitrogen and oxygen atoms in total. The number of hydrogen-bond donors (Lipinski definition) is 4. The Kier molecular flexibility index (Phi) is 7.12. The molecule has 0 aliphatic rings. The molecule has 0 unspecified atom stereocenters. The van der Waals surface area contributed by atoms with E-state index in [4.69, 9.17) is 0 Å². The molecule has 0 saturated carbocycles. The van der Waals surface area contributed by atoms with E-state index >= 15 is 0 Å². The van der Waals surface area contributed by atoms with Crippen LogP contribution in [0.25, 0.3) is 11.3 Å². The topological polar surface area (TPSA) is 103 Å². The summed E-state index contributed by atoms with van der Waals surface area (Å²) in [4.78, 5) is 24.8. The van der Waals surface area contributed by atoms with Crippen LogP contribution in [0, 0.1) is 6.92 Å². The zero-order chi connectivity index (χ0) is 23.0. The Morgan fingerprint density at radius 1 is 1.09 bits per heavy atom. The molecule has 0 fully saturated rings. The van der Waals surface area contributed by atoms with Gasteiger partial charge in [0.05, 0.1) is 18.3 Å². The lowest BCUT2D eigenvalue weighted by atomic mass is 10.1. The number of anilines is 1. The van der Waals surface area contributed by atoms with E-state index in [-0.39, 0.29) is 12.5 Å². The molecule has 4 aromatic rings. The minimum absolute atomic E-state index is 0.188. The third kappa shape index (κ3) is 5.64. The summed E-state index contributed by atoms with van der Waals surface area (Å²) in [7, 11) is 0. The molecule has 0 spiro atoms. The molecule has 0 radical (unpaired) electrons. The van der Waals surface area contributed by atoms with Gasteiger partial charge in [-0.2, -0.15) is 0 Å². The number of aryl methyl sites for hydroxylation is 1. The van der Waals surface area contributed by atoms with Crippen molar-refractivity contribution in [2.24, 2.45) is 0 Å². The van der Waals surface area contributed by atoms with E-state index in [1.165, 1.54) is 5.56 Å². The Morgan fingerprint density at radius 3 is 2.55 bits per heavy atom. The lowest BCUT2D eigenvalue weighted by molar-refractivity contribution is 0.0912. The summed E-state index contributed by atoms with van der Waals surface area (Å²) in [5.41, 5.74) is 4.95. The van der Waals surface area contributed by atoms with E-state index < -0.39 is 6.04 Å². The molecular weight excluding hydrogens is 414 g/mol. The predicted molar refractivity (Wildman–Crippen MR) is 129 cm³/mol. The number of benzene rings is 2. The maximum atomic E-state index is 12.8. The second-order valence-corrected chi connectivity index (χ2v) is 7.81. The zero-order valence-electron chi connectivity index (χ0n) is 18.5. The standard InChI is InChI=1S/C26H27N5O2/c1-18-15-29-26(27-13-12-19-8-4-2-5-9-19)31-24(18)21-14-22(28-16-21)25(33)30-23(17-32)20-10-6-3-7-11-20/h2-11,14-16,23,28,32H,12-13,17H2,1H3,(H,30,33)(H,27,29,31)/t23-/m1/s1. The van der Waals surface area contributed by atoms with Crippen molar-refractivity contribution in [3.8, 4) is 11.3 Å². The number of hydrogen-bond acceptors (Lipinski definition) is 5. The highest BCUT2D eigenvalue weighted by atomic mass is 16.3. The van der Waals surface area contributed by atoms with Crippen LogP contribution in [-0.4, -0.2) is 39.1 Å². The highest BCUT2D eigenvalue weighted by molar-refractivity contribution is 5.94. The molecule has 1 amide bonds. The minimum atomic E-state index is -0.480. The molecule has 168 valence electrons. The number of aromatic nitrogens is 3. The molecule has 0 aliphatic carbocycles. The first-order chi connectivity index (χ1) is 16.1. The molecule has 2 aromatic heterocycles. The number of aliphatic hydroxyl groups is 1. The number of carbonyl (C=O) groups excluding carboxylic acids is 1. The number of nitrogens with one attached hydrogen (secondary N) is 3. The average molecular weight is 442 g/mol. The van der Waals surface area contributed by atoms with Crippen LogP contribution < -0.4 is 10.6 Å². The largest absolute Gasteiger partial charge is 0.394 e. The Balaban J connectivity index is 1.43. The first-order valence-electron chi connectivity index (χ1n) is 10.9. The van der Waals surface area contributed by atoms with Crippen molar-refractivity contribution in [3.63, 3.8) is 0 Å². The summed E-state index contributed by atoms with van der Waals surface area (Å²) < 4.78 is 0. The summed E-state index contributed by atoms with van der Waals surface area (Å²) >= 11 is 0. The third-order valence-corrected chi connectivity index (χ3v) is 5.40. The predicted octanol–water partition coefficient (Wildman–Crippen LogP) is 3.90. The van der Waals surface area contributed by atoms with E-state index in [0.29, 0.717) is 11.6 Å². The zero-order valence-corrected chi connectivity index (χ0v) is 18.5. The maximum absolute atomic E-state index is 12.8. The number of rotatable bonds is 9. The number of nitrogens with zero attached hydrogens (tertiary/aromatic N) is 2. The van der Waals surface area contributed by atoms with Crippen molar-refractivity contribution >= 4 is 11.9 Å². The molecule has 2 heterocycles. The van der Waals surface area contributed by atoms with Gasteiger partial charge in [-0.3, -0.25) is 4.79 Å². The molecule has 33 heavy (non-hydrogen) atoms. The Morgan fingerprint density at radius 2 is 1.82 bits per heavy atom. The highest BCUT2D eigenvalue weighted by Gasteiger charge is 2.17. The van der Waals surface area contributed by atoms with E-state index in [0.717, 1.165) is 35.3 Å². The fourth-order valence-electron chi connectivity index (χ4n) is 3.60. The monoisotopic (exact) mass is 441 g/mol. The van der Waals surface area contributed by atoms with E-state index in [1.807, 2.05) is 55.5 Å². The molecule has 0 aliphatic heterocycles.